The number of amides is 1. The molecule has 0 saturated carbocycles. The fourth-order valence-electron chi connectivity index (χ4n) is 1.25. The predicted octanol–water partition coefficient (Wildman–Crippen LogP) is 0.434. The molecule has 2 N–H and O–H groups in total. The summed E-state index contributed by atoms with van der Waals surface area (Å²) in [7, 11) is 0. The predicted molar refractivity (Wildman–Crippen MR) is 66.6 cm³/mol. The molecule has 1 rings (SSSR count). The van der Waals surface area contributed by atoms with Crippen molar-refractivity contribution in [1.82, 2.24) is 10.6 Å². The van der Waals surface area contributed by atoms with Crippen molar-refractivity contribution in [3.05, 3.63) is 39.9 Å². The number of non-ortho nitro benzene ring substituents is 1. The van der Waals surface area contributed by atoms with Crippen molar-refractivity contribution >= 4 is 11.6 Å². The Bertz CT molecular complexity index is 462. The van der Waals surface area contributed by atoms with E-state index in [2.05, 4.69) is 16.6 Å². The molecule has 6 nitrogen and oxygen atoms in total. The van der Waals surface area contributed by atoms with Gasteiger partial charge in [0.1, 0.15) is 0 Å². The van der Waals surface area contributed by atoms with Crippen LogP contribution in [0.3, 0.4) is 0 Å². The largest absolute Gasteiger partial charge is 0.351 e. The number of nitro benzene ring substituents is 1. The van der Waals surface area contributed by atoms with Crippen molar-refractivity contribution in [2.75, 3.05) is 13.1 Å². The summed E-state index contributed by atoms with van der Waals surface area (Å²) < 4.78 is 0. The summed E-state index contributed by atoms with van der Waals surface area (Å²) in [6.45, 7) is 0.816. The first kappa shape index (κ1) is 13.7. The van der Waals surface area contributed by atoms with E-state index in [1.54, 1.807) is 12.1 Å². The maximum Gasteiger partial charge on any atom is 0.269 e. The van der Waals surface area contributed by atoms with E-state index in [0.717, 1.165) is 5.56 Å². The fraction of sp³-hybridized carbons (Fsp3) is 0.250. The lowest BCUT2D eigenvalue weighted by molar-refractivity contribution is -0.384. The van der Waals surface area contributed by atoms with Crippen LogP contribution in [0.25, 0.3) is 0 Å². The standard InChI is InChI=1S/C12H13N3O3/c1-2-7-13-9-12(16)14-8-10-3-5-11(6-4-10)15(17)18/h1,3-6,13H,7-9H2,(H,14,16). The Kier molecular flexibility index (Phi) is 5.35. The van der Waals surface area contributed by atoms with E-state index in [-0.39, 0.29) is 18.1 Å². The molecule has 0 unspecified atom stereocenters. The highest BCUT2D eigenvalue weighted by atomic mass is 16.6. The molecule has 6 heteroatoms. The first-order valence-corrected chi connectivity index (χ1v) is 5.27. The number of nitro groups is 1. The number of carbonyl (C=O) groups excluding carboxylic acids is 1. The molecule has 94 valence electrons. The second kappa shape index (κ2) is 7.04. The molecule has 0 bridgehead atoms. The summed E-state index contributed by atoms with van der Waals surface area (Å²) in [5.41, 5.74) is 0.826. The lowest BCUT2D eigenvalue weighted by Crippen LogP contribution is -2.33. The molecule has 0 spiro atoms. The van der Waals surface area contributed by atoms with Crippen LogP contribution in [0.2, 0.25) is 0 Å². The van der Waals surface area contributed by atoms with Gasteiger partial charge in [-0.2, -0.15) is 0 Å². The number of benzene rings is 1. The molecule has 0 atom stereocenters. The monoisotopic (exact) mass is 247 g/mol. The fourth-order valence-corrected chi connectivity index (χ4v) is 1.25. The zero-order valence-corrected chi connectivity index (χ0v) is 9.68. The van der Waals surface area contributed by atoms with Crippen LogP contribution in [0, 0.1) is 22.5 Å². The highest BCUT2D eigenvalue weighted by molar-refractivity contribution is 5.78. The van der Waals surface area contributed by atoms with Crippen LogP contribution >= 0.6 is 0 Å². The smallest absolute Gasteiger partial charge is 0.269 e. The van der Waals surface area contributed by atoms with Crippen molar-refractivity contribution in [2.24, 2.45) is 0 Å². The summed E-state index contributed by atoms with van der Waals surface area (Å²) in [4.78, 5) is 21.3. The minimum atomic E-state index is -0.466. The van der Waals surface area contributed by atoms with Crippen LogP contribution in [-0.4, -0.2) is 23.9 Å². The third-order valence-electron chi connectivity index (χ3n) is 2.15. The summed E-state index contributed by atoms with van der Waals surface area (Å²) in [5.74, 6) is 2.18. The molecule has 0 aromatic heterocycles. The van der Waals surface area contributed by atoms with Crippen LogP contribution in [0.1, 0.15) is 5.56 Å². The Hall–Kier alpha value is -2.39. The van der Waals surface area contributed by atoms with Crippen molar-refractivity contribution in [3.63, 3.8) is 0 Å². The Labute approximate surface area is 105 Å². The molecule has 1 aromatic carbocycles. The summed E-state index contributed by atoms with van der Waals surface area (Å²) in [5, 5.41) is 15.9. The summed E-state index contributed by atoms with van der Waals surface area (Å²) >= 11 is 0. The molecule has 0 saturated heterocycles. The van der Waals surface area contributed by atoms with Gasteiger partial charge in [0.15, 0.2) is 0 Å². The average Bonchev–Trinajstić information content (AvgIpc) is 2.37. The van der Waals surface area contributed by atoms with E-state index in [9.17, 15) is 14.9 Å². The topological polar surface area (TPSA) is 84.3 Å². The molecule has 0 fully saturated rings. The van der Waals surface area contributed by atoms with Crippen molar-refractivity contribution in [2.45, 2.75) is 6.54 Å². The highest BCUT2D eigenvalue weighted by Crippen LogP contribution is 2.11. The number of carbonyl (C=O) groups is 1. The van der Waals surface area contributed by atoms with E-state index >= 15 is 0 Å². The van der Waals surface area contributed by atoms with E-state index < -0.39 is 4.92 Å². The minimum Gasteiger partial charge on any atom is -0.351 e. The van der Waals surface area contributed by atoms with Gasteiger partial charge in [-0.3, -0.25) is 20.2 Å². The van der Waals surface area contributed by atoms with Gasteiger partial charge in [0.25, 0.3) is 5.69 Å². The third-order valence-corrected chi connectivity index (χ3v) is 2.15. The Morgan fingerprint density at radius 1 is 1.39 bits per heavy atom. The molecule has 18 heavy (non-hydrogen) atoms. The van der Waals surface area contributed by atoms with Gasteiger partial charge in [-0.05, 0) is 5.56 Å². The van der Waals surface area contributed by atoms with Crippen LogP contribution in [-0.2, 0) is 11.3 Å². The molecule has 0 radical (unpaired) electrons. The van der Waals surface area contributed by atoms with Gasteiger partial charge in [0.2, 0.25) is 5.91 Å². The maximum atomic E-state index is 11.3. The Morgan fingerprint density at radius 3 is 2.61 bits per heavy atom. The lowest BCUT2D eigenvalue weighted by Gasteiger charge is -2.05. The van der Waals surface area contributed by atoms with E-state index in [1.165, 1.54) is 12.1 Å². The summed E-state index contributed by atoms with van der Waals surface area (Å²) in [6, 6.07) is 6.01. The van der Waals surface area contributed by atoms with Crippen LogP contribution < -0.4 is 10.6 Å². The lowest BCUT2D eigenvalue weighted by atomic mass is 10.2. The van der Waals surface area contributed by atoms with Gasteiger partial charge < -0.3 is 5.32 Å². The average molecular weight is 247 g/mol. The van der Waals surface area contributed by atoms with Gasteiger partial charge in [0, 0.05) is 18.7 Å². The van der Waals surface area contributed by atoms with Crippen molar-refractivity contribution < 1.29 is 9.72 Å². The van der Waals surface area contributed by atoms with Gasteiger partial charge >= 0.3 is 0 Å². The normalized spacial score (nSPS) is 9.50. The molecule has 0 aliphatic rings. The first-order valence-electron chi connectivity index (χ1n) is 5.27. The maximum absolute atomic E-state index is 11.3. The van der Waals surface area contributed by atoms with Crippen LogP contribution in [0.4, 0.5) is 5.69 Å². The molecular weight excluding hydrogens is 234 g/mol. The quantitative estimate of drug-likeness (QED) is 0.330. The van der Waals surface area contributed by atoms with Gasteiger partial charge in [-0.1, -0.05) is 18.1 Å². The van der Waals surface area contributed by atoms with Gasteiger partial charge in [-0.25, -0.2) is 0 Å². The number of terminal acetylenes is 1. The molecule has 1 amide bonds. The van der Waals surface area contributed by atoms with Crippen LogP contribution in [0.15, 0.2) is 24.3 Å². The molecule has 0 aliphatic carbocycles. The molecular formula is C12H13N3O3. The zero-order valence-electron chi connectivity index (χ0n) is 9.68. The number of hydrogen-bond acceptors (Lipinski definition) is 4. The Morgan fingerprint density at radius 2 is 2.06 bits per heavy atom. The van der Waals surface area contributed by atoms with Crippen LogP contribution in [0.5, 0.6) is 0 Å². The van der Waals surface area contributed by atoms with Crippen molar-refractivity contribution in [1.29, 1.82) is 0 Å². The molecule has 0 aliphatic heterocycles. The highest BCUT2D eigenvalue weighted by Gasteiger charge is 2.04. The number of nitrogens with one attached hydrogen (secondary N) is 2. The SMILES string of the molecule is C#CCNCC(=O)NCc1ccc([N+](=O)[O-])cc1. The van der Waals surface area contributed by atoms with E-state index in [0.29, 0.717) is 13.1 Å². The second-order valence-corrected chi connectivity index (χ2v) is 3.51. The first-order chi connectivity index (χ1) is 8.63. The third kappa shape index (κ3) is 4.63. The van der Waals surface area contributed by atoms with E-state index in [4.69, 9.17) is 6.42 Å². The zero-order chi connectivity index (χ0) is 13.4. The van der Waals surface area contributed by atoms with Gasteiger partial charge in [-0.15, -0.1) is 6.42 Å². The molecule has 0 heterocycles. The molecule has 1 aromatic rings. The van der Waals surface area contributed by atoms with Gasteiger partial charge in [0.05, 0.1) is 18.0 Å². The second-order valence-electron chi connectivity index (χ2n) is 3.51. The number of rotatable bonds is 6. The Balaban J connectivity index is 2.37. The number of hydrogen-bond donors (Lipinski definition) is 2. The summed E-state index contributed by atoms with van der Waals surface area (Å²) in [6.07, 6.45) is 5.02. The van der Waals surface area contributed by atoms with Crippen molar-refractivity contribution in [3.8, 4) is 12.3 Å². The minimum absolute atomic E-state index is 0.0285. The number of nitrogens with zero attached hydrogens (tertiary/aromatic N) is 1. The van der Waals surface area contributed by atoms with E-state index in [1.807, 2.05) is 0 Å².